The molecule has 5 rings (SSSR count). The van der Waals surface area contributed by atoms with Crippen molar-refractivity contribution in [3.05, 3.63) is 59.7 Å². The summed E-state index contributed by atoms with van der Waals surface area (Å²) in [5, 5.41) is 0. The molecule has 3 aliphatic rings. The van der Waals surface area contributed by atoms with Crippen molar-refractivity contribution >= 4 is 23.6 Å². The first-order valence-corrected chi connectivity index (χ1v) is 14.4. The number of thioether (sulfide) groups is 1. The second-order valence-corrected chi connectivity index (χ2v) is 11.6. The van der Waals surface area contributed by atoms with Crippen molar-refractivity contribution in [1.29, 1.82) is 0 Å². The first-order chi connectivity index (χ1) is 18.2. The largest absolute Gasteiger partial charge is 0.493 e. The van der Waals surface area contributed by atoms with Crippen LogP contribution in [0.5, 0.6) is 5.75 Å². The number of alkyl halides is 3. The number of hydrogen-bond donors (Lipinski definition) is 0. The molecule has 0 radical (unpaired) electrons. The molecule has 0 bridgehead atoms. The maximum absolute atomic E-state index is 14.0. The van der Waals surface area contributed by atoms with E-state index < -0.39 is 23.7 Å². The minimum atomic E-state index is -4.49. The Morgan fingerprint density at radius 2 is 1.63 bits per heavy atom. The molecule has 38 heavy (non-hydrogen) atoms. The summed E-state index contributed by atoms with van der Waals surface area (Å²) in [6, 6.07) is 12.6. The van der Waals surface area contributed by atoms with Crippen molar-refractivity contribution in [1.82, 2.24) is 9.80 Å². The lowest BCUT2D eigenvalue weighted by Gasteiger charge is -2.46. The average molecular weight is 547 g/mol. The van der Waals surface area contributed by atoms with Crippen molar-refractivity contribution in [3.63, 3.8) is 0 Å². The summed E-state index contributed by atoms with van der Waals surface area (Å²) in [7, 11) is 0. The van der Waals surface area contributed by atoms with Gasteiger partial charge in [-0.3, -0.25) is 9.59 Å². The van der Waals surface area contributed by atoms with E-state index in [4.69, 9.17) is 4.74 Å². The van der Waals surface area contributed by atoms with Gasteiger partial charge in [-0.2, -0.15) is 13.2 Å². The van der Waals surface area contributed by atoms with Crippen LogP contribution in [-0.4, -0.2) is 65.3 Å². The van der Waals surface area contributed by atoms with E-state index in [0.717, 1.165) is 15.5 Å². The first kappa shape index (κ1) is 26.9. The van der Waals surface area contributed by atoms with Crippen molar-refractivity contribution in [3.8, 4) is 5.75 Å². The number of amides is 2. The van der Waals surface area contributed by atoms with Crippen LogP contribution in [0.3, 0.4) is 0 Å². The van der Waals surface area contributed by atoms with E-state index in [2.05, 4.69) is 0 Å². The Labute approximate surface area is 225 Å². The summed E-state index contributed by atoms with van der Waals surface area (Å²) in [4.78, 5) is 30.4. The molecule has 5 nitrogen and oxygen atoms in total. The summed E-state index contributed by atoms with van der Waals surface area (Å²) >= 11 is 1.57. The maximum Gasteiger partial charge on any atom is 0.408 e. The van der Waals surface area contributed by atoms with E-state index in [1.54, 1.807) is 53.1 Å². The summed E-state index contributed by atoms with van der Waals surface area (Å²) in [5.41, 5.74) is 0.349. The van der Waals surface area contributed by atoms with Gasteiger partial charge in [0.25, 0.3) is 5.91 Å². The topological polar surface area (TPSA) is 49.9 Å². The number of rotatable bonds is 7. The molecule has 0 aromatic heterocycles. The van der Waals surface area contributed by atoms with Crippen LogP contribution in [0, 0.1) is 5.92 Å². The molecule has 2 amide bonds. The van der Waals surface area contributed by atoms with Crippen LogP contribution >= 0.6 is 11.8 Å². The Bertz CT molecular complexity index is 1140. The van der Waals surface area contributed by atoms with Crippen LogP contribution in [0.15, 0.2) is 53.4 Å². The summed E-state index contributed by atoms with van der Waals surface area (Å²) in [5.74, 6) is 0.720. The quantitative estimate of drug-likeness (QED) is 0.402. The maximum atomic E-state index is 14.0. The van der Waals surface area contributed by atoms with Gasteiger partial charge in [0.1, 0.15) is 11.8 Å². The molecule has 204 valence electrons. The van der Waals surface area contributed by atoms with Crippen LogP contribution in [0.2, 0.25) is 0 Å². The highest BCUT2D eigenvalue weighted by molar-refractivity contribution is 7.98. The molecule has 2 aromatic carbocycles. The number of benzene rings is 2. The molecule has 2 heterocycles. The predicted molar refractivity (Wildman–Crippen MR) is 140 cm³/mol. The third kappa shape index (κ3) is 5.82. The molecule has 3 fully saturated rings. The van der Waals surface area contributed by atoms with Gasteiger partial charge in [-0.15, -0.1) is 11.8 Å². The average Bonchev–Trinajstić information content (AvgIpc) is 3.67. The minimum Gasteiger partial charge on any atom is -0.493 e. The fraction of sp³-hybridized carbons (Fsp3) is 0.517. The number of ether oxygens (including phenoxy) is 1. The Hall–Kier alpha value is -2.68. The van der Waals surface area contributed by atoms with Crippen molar-refractivity contribution in [2.75, 3.05) is 26.0 Å². The first-order valence-electron chi connectivity index (χ1n) is 13.2. The number of halogens is 3. The van der Waals surface area contributed by atoms with Crippen molar-refractivity contribution in [2.45, 2.75) is 67.6 Å². The third-order valence-corrected chi connectivity index (χ3v) is 8.88. The normalized spacial score (nSPS) is 21.1. The van der Waals surface area contributed by atoms with Crippen LogP contribution in [0.25, 0.3) is 0 Å². The smallest absolute Gasteiger partial charge is 0.408 e. The number of piperidine rings is 1. The highest BCUT2D eigenvalue weighted by Crippen LogP contribution is 2.47. The fourth-order valence-corrected chi connectivity index (χ4v) is 6.14. The van der Waals surface area contributed by atoms with Gasteiger partial charge in [-0.25, -0.2) is 0 Å². The lowest BCUT2D eigenvalue weighted by atomic mass is 9.84. The summed E-state index contributed by atoms with van der Waals surface area (Å²) < 4.78 is 47.9. The number of likely N-dealkylation sites (tertiary alicyclic amines) is 2. The van der Waals surface area contributed by atoms with Gasteiger partial charge in [-0.05, 0) is 92.7 Å². The summed E-state index contributed by atoms with van der Waals surface area (Å²) in [6.07, 6.45) is 0.657. The van der Waals surface area contributed by atoms with Gasteiger partial charge in [0.05, 0.1) is 13.0 Å². The number of hydrogen-bond acceptors (Lipinski definition) is 4. The Kier molecular flexibility index (Phi) is 7.67. The monoisotopic (exact) mass is 546 g/mol. The highest BCUT2D eigenvalue weighted by Gasteiger charge is 2.58. The molecule has 1 spiro atoms. The molecule has 1 unspecified atom stereocenters. The molecular formula is C29H33F3N2O3S. The van der Waals surface area contributed by atoms with Gasteiger partial charge < -0.3 is 14.5 Å². The van der Waals surface area contributed by atoms with Crippen LogP contribution < -0.4 is 4.74 Å². The molecule has 2 aromatic rings. The Morgan fingerprint density at radius 1 is 0.974 bits per heavy atom. The van der Waals surface area contributed by atoms with Crippen LogP contribution in [0.1, 0.15) is 54.4 Å². The van der Waals surface area contributed by atoms with E-state index in [9.17, 15) is 22.8 Å². The van der Waals surface area contributed by atoms with Gasteiger partial charge >= 0.3 is 6.18 Å². The molecule has 1 saturated carbocycles. The van der Waals surface area contributed by atoms with E-state index >= 15 is 0 Å². The molecule has 2 aliphatic heterocycles. The standard InChI is InChI=1S/C29H33F3N2O3S/c1-38-24-10-4-20(5-11-24)18-26(35)34-25(29(30,31)32)12-13-28(34)14-16-33(17-15-28)27(36)22-6-8-23(9-7-22)37-19-21-2-3-21/h4-11,21,25H,2-3,12-19H2,1H3. The zero-order valence-corrected chi connectivity index (χ0v) is 22.3. The zero-order valence-electron chi connectivity index (χ0n) is 21.5. The fourth-order valence-electron chi connectivity index (χ4n) is 5.73. The second-order valence-electron chi connectivity index (χ2n) is 10.7. The van der Waals surface area contributed by atoms with Gasteiger partial charge in [0.2, 0.25) is 5.91 Å². The van der Waals surface area contributed by atoms with E-state index in [1.807, 2.05) is 18.4 Å². The Balaban J connectivity index is 1.26. The van der Waals surface area contributed by atoms with E-state index in [-0.39, 0.29) is 18.7 Å². The van der Waals surface area contributed by atoms with Crippen molar-refractivity contribution < 1.29 is 27.5 Å². The predicted octanol–water partition coefficient (Wildman–Crippen LogP) is 5.97. The van der Waals surface area contributed by atoms with Crippen molar-refractivity contribution in [2.24, 2.45) is 5.92 Å². The molecule has 2 saturated heterocycles. The molecule has 1 aliphatic carbocycles. The molecule has 9 heteroatoms. The van der Waals surface area contributed by atoms with E-state index in [0.29, 0.717) is 56.0 Å². The minimum absolute atomic E-state index is 0.0686. The van der Waals surface area contributed by atoms with Crippen LogP contribution in [-0.2, 0) is 11.2 Å². The van der Waals surface area contributed by atoms with Gasteiger partial charge in [0.15, 0.2) is 0 Å². The molecular weight excluding hydrogens is 513 g/mol. The molecule has 1 atom stereocenters. The number of carbonyl (C=O) groups is 2. The highest BCUT2D eigenvalue weighted by atomic mass is 32.2. The lowest BCUT2D eigenvalue weighted by Crippen LogP contribution is -2.59. The van der Waals surface area contributed by atoms with Crippen LogP contribution in [0.4, 0.5) is 13.2 Å². The van der Waals surface area contributed by atoms with Gasteiger partial charge in [0, 0.05) is 29.1 Å². The number of carbonyl (C=O) groups excluding carboxylic acids is 2. The van der Waals surface area contributed by atoms with E-state index in [1.165, 1.54) is 12.8 Å². The second kappa shape index (κ2) is 10.8. The zero-order chi connectivity index (χ0) is 26.9. The lowest BCUT2D eigenvalue weighted by molar-refractivity contribution is -0.192. The van der Waals surface area contributed by atoms with Gasteiger partial charge in [-0.1, -0.05) is 12.1 Å². The number of nitrogens with zero attached hydrogens (tertiary/aromatic N) is 2. The Morgan fingerprint density at radius 3 is 2.21 bits per heavy atom. The third-order valence-electron chi connectivity index (χ3n) is 8.13. The SMILES string of the molecule is CSc1ccc(CC(=O)N2C(C(F)(F)F)CCC23CCN(C(=O)c2ccc(OCC4CC4)cc2)CC3)cc1. The molecule has 0 N–H and O–H groups in total. The summed E-state index contributed by atoms with van der Waals surface area (Å²) in [6.45, 7) is 1.32.